The van der Waals surface area contributed by atoms with Crippen molar-refractivity contribution in [2.24, 2.45) is 4.99 Å². The Morgan fingerprint density at radius 3 is 2.67 bits per heavy atom. The van der Waals surface area contributed by atoms with Gasteiger partial charge in [-0.1, -0.05) is 13.0 Å². The van der Waals surface area contributed by atoms with Gasteiger partial charge in [0.25, 0.3) is 0 Å². The highest BCUT2D eigenvalue weighted by Crippen LogP contribution is 2.20. The fraction of sp³-hybridized carbons (Fsp3) is 0.636. The maximum atomic E-state index is 12.0. The monoisotopic (exact) mass is 532 g/mol. The van der Waals surface area contributed by atoms with Crippen LogP contribution in [0.4, 0.5) is 0 Å². The SMILES string of the molecule is CCNC(=NCC(C)Oc1cccc(OC)c1)NCCC(CC)N1CCCC1=O.I. The highest BCUT2D eigenvalue weighted by molar-refractivity contribution is 14.0. The molecule has 170 valence electrons. The number of guanidine groups is 1. The number of carbonyl (C=O) groups excluding carboxylic acids is 1. The first-order chi connectivity index (χ1) is 14.1. The highest BCUT2D eigenvalue weighted by atomic mass is 127. The van der Waals surface area contributed by atoms with Gasteiger partial charge in [-0.25, -0.2) is 4.99 Å². The molecule has 0 spiro atoms. The van der Waals surface area contributed by atoms with Crippen LogP contribution in [0.15, 0.2) is 29.3 Å². The topological polar surface area (TPSA) is 75.2 Å². The van der Waals surface area contributed by atoms with E-state index < -0.39 is 0 Å². The Balaban J connectivity index is 0.00000450. The summed E-state index contributed by atoms with van der Waals surface area (Å²) in [5, 5.41) is 6.66. The lowest BCUT2D eigenvalue weighted by molar-refractivity contribution is -0.129. The Hall–Kier alpha value is -1.71. The Labute approximate surface area is 198 Å². The molecule has 0 bridgehead atoms. The summed E-state index contributed by atoms with van der Waals surface area (Å²) in [6.45, 7) is 9.19. The molecule has 2 rings (SSSR count). The van der Waals surface area contributed by atoms with Crippen LogP contribution in [0, 0.1) is 0 Å². The minimum atomic E-state index is -0.0665. The van der Waals surface area contributed by atoms with E-state index in [1.165, 1.54) is 0 Å². The second-order valence-corrected chi connectivity index (χ2v) is 7.30. The quantitative estimate of drug-likeness (QED) is 0.260. The van der Waals surface area contributed by atoms with Gasteiger partial charge < -0.3 is 25.0 Å². The van der Waals surface area contributed by atoms with Crippen molar-refractivity contribution < 1.29 is 14.3 Å². The second-order valence-electron chi connectivity index (χ2n) is 7.30. The summed E-state index contributed by atoms with van der Waals surface area (Å²) in [5.41, 5.74) is 0. The van der Waals surface area contributed by atoms with Gasteiger partial charge in [-0.2, -0.15) is 0 Å². The molecule has 0 aromatic heterocycles. The van der Waals surface area contributed by atoms with Gasteiger partial charge in [0.2, 0.25) is 5.91 Å². The summed E-state index contributed by atoms with van der Waals surface area (Å²) in [4.78, 5) is 18.7. The summed E-state index contributed by atoms with van der Waals surface area (Å²) in [5.74, 6) is 2.61. The average Bonchev–Trinajstić information content (AvgIpc) is 3.15. The molecule has 30 heavy (non-hydrogen) atoms. The number of ether oxygens (including phenoxy) is 2. The molecule has 7 nitrogen and oxygen atoms in total. The van der Waals surface area contributed by atoms with Crippen LogP contribution in [0.25, 0.3) is 0 Å². The van der Waals surface area contributed by atoms with E-state index in [0.29, 0.717) is 24.9 Å². The molecule has 2 N–H and O–H groups in total. The number of benzene rings is 1. The van der Waals surface area contributed by atoms with Crippen molar-refractivity contribution in [1.82, 2.24) is 15.5 Å². The third kappa shape index (κ3) is 8.57. The molecular weight excluding hydrogens is 495 g/mol. The number of halogens is 1. The number of methoxy groups -OCH3 is 1. The van der Waals surface area contributed by atoms with Gasteiger partial charge in [-0.15, -0.1) is 24.0 Å². The van der Waals surface area contributed by atoms with Crippen LogP contribution in [-0.2, 0) is 4.79 Å². The van der Waals surface area contributed by atoms with E-state index in [1.807, 2.05) is 43.0 Å². The molecule has 2 unspecified atom stereocenters. The zero-order valence-corrected chi connectivity index (χ0v) is 21.0. The molecule has 0 aliphatic carbocycles. The molecule has 0 radical (unpaired) electrons. The normalized spacial score (nSPS) is 15.9. The van der Waals surface area contributed by atoms with E-state index in [9.17, 15) is 4.79 Å². The molecule has 1 aliphatic rings. The first kappa shape index (κ1) is 26.3. The van der Waals surface area contributed by atoms with Gasteiger partial charge in [-0.3, -0.25) is 4.79 Å². The minimum Gasteiger partial charge on any atom is -0.497 e. The molecule has 1 aliphatic heterocycles. The van der Waals surface area contributed by atoms with Crippen LogP contribution in [0.1, 0.15) is 46.5 Å². The predicted octanol–water partition coefficient (Wildman–Crippen LogP) is 3.43. The van der Waals surface area contributed by atoms with Crippen molar-refractivity contribution in [2.45, 2.75) is 58.6 Å². The third-order valence-corrected chi connectivity index (χ3v) is 5.02. The number of carbonyl (C=O) groups is 1. The summed E-state index contributed by atoms with van der Waals surface area (Å²) in [6.07, 6.45) is 3.51. The lowest BCUT2D eigenvalue weighted by atomic mass is 10.1. The fourth-order valence-corrected chi connectivity index (χ4v) is 3.50. The van der Waals surface area contributed by atoms with Crippen LogP contribution in [-0.4, -0.2) is 62.2 Å². The number of hydrogen-bond donors (Lipinski definition) is 2. The van der Waals surface area contributed by atoms with Crippen molar-refractivity contribution in [3.8, 4) is 11.5 Å². The lowest BCUT2D eigenvalue weighted by Crippen LogP contribution is -2.42. The van der Waals surface area contributed by atoms with Crippen LogP contribution in [0.2, 0.25) is 0 Å². The maximum Gasteiger partial charge on any atom is 0.222 e. The Morgan fingerprint density at radius 2 is 2.03 bits per heavy atom. The third-order valence-electron chi connectivity index (χ3n) is 5.02. The number of hydrogen-bond acceptors (Lipinski definition) is 4. The molecule has 1 heterocycles. The zero-order valence-electron chi connectivity index (χ0n) is 18.6. The number of rotatable bonds is 11. The van der Waals surface area contributed by atoms with Crippen LogP contribution in [0.3, 0.4) is 0 Å². The van der Waals surface area contributed by atoms with Crippen molar-refractivity contribution >= 4 is 35.8 Å². The van der Waals surface area contributed by atoms with E-state index >= 15 is 0 Å². The van der Waals surface area contributed by atoms with Gasteiger partial charge >= 0.3 is 0 Å². The van der Waals surface area contributed by atoms with E-state index in [4.69, 9.17) is 9.47 Å². The van der Waals surface area contributed by atoms with Gasteiger partial charge in [0.1, 0.15) is 17.6 Å². The maximum absolute atomic E-state index is 12.0. The molecule has 1 aromatic carbocycles. The smallest absolute Gasteiger partial charge is 0.222 e. The average molecular weight is 532 g/mol. The van der Waals surface area contributed by atoms with Crippen molar-refractivity contribution in [3.05, 3.63) is 24.3 Å². The number of likely N-dealkylation sites (tertiary alicyclic amines) is 1. The summed E-state index contributed by atoms with van der Waals surface area (Å²) < 4.78 is 11.2. The van der Waals surface area contributed by atoms with Crippen molar-refractivity contribution in [3.63, 3.8) is 0 Å². The van der Waals surface area contributed by atoms with E-state index in [2.05, 4.69) is 22.5 Å². The van der Waals surface area contributed by atoms with E-state index in [-0.39, 0.29) is 30.1 Å². The van der Waals surface area contributed by atoms with Gasteiger partial charge in [-0.05, 0) is 45.2 Å². The summed E-state index contributed by atoms with van der Waals surface area (Å²) in [7, 11) is 1.64. The first-order valence-corrected chi connectivity index (χ1v) is 10.7. The lowest BCUT2D eigenvalue weighted by Gasteiger charge is -2.27. The molecule has 2 atom stereocenters. The highest BCUT2D eigenvalue weighted by Gasteiger charge is 2.26. The zero-order chi connectivity index (χ0) is 21.1. The van der Waals surface area contributed by atoms with E-state index in [0.717, 1.165) is 56.4 Å². The Morgan fingerprint density at radius 1 is 1.27 bits per heavy atom. The standard InChI is InChI=1S/C22H36N4O3.HI/c1-5-18(26-14-8-11-21(26)27)12-13-24-22(23-6-2)25-16-17(3)29-20-10-7-9-19(15-20)28-4;/h7,9-10,15,17-18H,5-6,8,11-14,16H2,1-4H3,(H2,23,24,25);1H. The molecule has 1 amide bonds. The van der Waals surface area contributed by atoms with Gasteiger partial charge in [0, 0.05) is 38.2 Å². The molecular formula is C22H37IN4O3. The predicted molar refractivity (Wildman–Crippen MR) is 132 cm³/mol. The van der Waals surface area contributed by atoms with Crippen LogP contribution >= 0.6 is 24.0 Å². The van der Waals surface area contributed by atoms with E-state index in [1.54, 1.807) is 7.11 Å². The number of aliphatic imine (C=N–C) groups is 1. The molecule has 8 heteroatoms. The van der Waals surface area contributed by atoms with Crippen molar-refractivity contribution in [1.29, 1.82) is 0 Å². The van der Waals surface area contributed by atoms with Crippen LogP contribution in [0.5, 0.6) is 11.5 Å². The van der Waals surface area contributed by atoms with Gasteiger partial charge in [0.05, 0.1) is 13.7 Å². The minimum absolute atomic E-state index is 0. The molecule has 1 fully saturated rings. The number of amides is 1. The fourth-order valence-electron chi connectivity index (χ4n) is 3.50. The molecule has 0 saturated carbocycles. The summed E-state index contributed by atoms with van der Waals surface area (Å²) >= 11 is 0. The first-order valence-electron chi connectivity index (χ1n) is 10.7. The summed E-state index contributed by atoms with van der Waals surface area (Å²) in [6, 6.07) is 7.88. The molecule has 1 aromatic rings. The number of nitrogens with one attached hydrogen (secondary N) is 2. The number of nitrogens with zero attached hydrogens (tertiary/aromatic N) is 2. The molecule has 1 saturated heterocycles. The Kier molecular flexibility index (Phi) is 12.6. The largest absolute Gasteiger partial charge is 0.497 e. The van der Waals surface area contributed by atoms with Crippen LogP contribution < -0.4 is 20.1 Å². The van der Waals surface area contributed by atoms with Crippen molar-refractivity contribution in [2.75, 3.05) is 33.3 Å². The second kappa shape index (κ2) is 14.3. The Bertz CT molecular complexity index is 672. The van der Waals surface area contributed by atoms with Gasteiger partial charge in [0.15, 0.2) is 5.96 Å².